The van der Waals surface area contributed by atoms with Crippen molar-refractivity contribution in [3.05, 3.63) is 111 Å². The van der Waals surface area contributed by atoms with Crippen molar-refractivity contribution in [2.24, 2.45) is 0 Å². The van der Waals surface area contributed by atoms with Crippen LogP contribution in [0.15, 0.2) is 77.4 Å². The number of anilines is 1. The topological polar surface area (TPSA) is 33.1 Å². The van der Waals surface area contributed by atoms with Gasteiger partial charge >= 0.3 is 0 Å². The van der Waals surface area contributed by atoms with Gasteiger partial charge in [-0.1, -0.05) is 28.1 Å². The van der Waals surface area contributed by atoms with Crippen molar-refractivity contribution in [2.75, 3.05) is 4.90 Å². The van der Waals surface area contributed by atoms with Crippen LogP contribution in [0.25, 0.3) is 5.69 Å². The molecule has 2 aromatic heterocycles. The van der Waals surface area contributed by atoms with Crippen molar-refractivity contribution in [3.63, 3.8) is 0 Å². The van der Waals surface area contributed by atoms with Gasteiger partial charge in [0, 0.05) is 33.4 Å². The van der Waals surface area contributed by atoms with Gasteiger partial charge in [-0.3, -0.25) is 4.98 Å². The number of hydrogen-bond acceptors (Lipinski definition) is 2. The van der Waals surface area contributed by atoms with Crippen LogP contribution >= 0.6 is 28.1 Å². The van der Waals surface area contributed by atoms with E-state index in [0.29, 0.717) is 0 Å². The molecule has 4 nitrogen and oxygen atoms in total. The predicted octanol–water partition coefficient (Wildman–Crippen LogP) is 7.05. The second kappa shape index (κ2) is 9.01. The van der Waals surface area contributed by atoms with Gasteiger partial charge in [0.15, 0.2) is 5.11 Å². The Morgan fingerprint density at radius 1 is 0.882 bits per heavy atom. The van der Waals surface area contributed by atoms with Crippen LogP contribution in [0.3, 0.4) is 0 Å². The molecule has 2 atom stereocenters. The summed E-state index contributed by atoms with van der Waals surface area (Å²) in [6, 6.07) is 23.3. The summed E-state index contributed by atoms with van der Waals surface area (Å²) in [6.07, 6.45) is 1.85. The van der Waals surface area contributed by atoms with Crippen LogP contribution in [0, 0.1) is 27.7 Å². The minimum Gasteiger partial charge on any atom is -0.351 e. The van der Waals surface area contributed by atoms with Crippen LogP contribution in [0.5, 0.6) is 0 Å². The largest absolute Gasteiger partial charge is 0.351 e. The zero-order valence-corrected chi connectivity index (χ0v) is 22.1. The van der Waals surface area contributed by atoms with Gasteiger partial charge in [0.05, 0.1) is 17.8 Å². The van der Waals surface area contributed by atoms with E-state index in [-0.39, 0.29) is 12.1 Å². The molecule has 5 rings (SSSR count). The number of hydrogen-bond donors (Lipinski definition) is 1. The summed E-state index contributed by atoms with van der Waals surface area (Å²) in [6.45, 7) is 8.62. The van der Waals surface area contributed by atoms with Crippen LogP contribution in [0.2, 0.25) is 0 Å². The molecule has 1 fully saturated rings. The summed E-state index contributed by atoms with van der Waals surface area (Å²) in [5.41, 5.74) is 9.30. The zero-order chi connectivity index (χ0) is 24.0. The lowest BCUT2D eigenvalue weighted by molar-refractivity contribution is 0.565. The molecule has 6 heteroatoms. The van der Waals surface area contributed by atoms with Gasteiger partial charge in [-0.05, 0) is 111 Å². The van der Waals surface area contributed by atoms with Crippen molar-refractivity contribution < 1.29 is 0 Å². The second-order valence-corrected chi connectivity index (χ2v) is 10.3. The highest BCUT2D eigenvalue weighted by molar-refractivity contribution is 9.10. The molecule has 1 N–H and O–H groups in total. The molecule has 0 radical (unpaired) electrons. The van der Waals surface area contributed by atoms with Crippen molar-refractivity contribution in [3.8, 4) is 5.69 Å². The molecule has 1 aliphatic heterocycles. The first-order chi connectivity index (χ1) is 16.3. The highest BCUT2D eigenvalue weighted by atomic mass is 79.9. The fraction of sp³-hybridized carbons (Fsp3) is 0.214. The number of pyridine rings is 1. The van der Waals surface area contributed by atoms with Gasteiger partial charge in [0.1, 0.15) is 0 Å². The number of aromatic nitrogens is 2. The van der Waals surface area contributed by atoms with Gasteiger partial charge in [-0.25, -0.2) is 0 Å². The molecule has 4 aromatic rings. The molecule has 1 aliphatic rings. The lowest BCUT2D eigenvalue weighted by Crippen LogP contribution is -2.29. The number of rotatable bonds is 4. The third-order valence-corrected chi connectivity index (χ3v) is 7.30. The lowest BCUT2D eigenvalue weighted by atomic mass is 9.96. The average molecular weight is 532 g/mol. The number of aryl methyl sites for hydroxylation is 3. The Kier molecular flexibility index (Phi) is 6.04. The highest BCUT2D eigenvalue weighted by Crippen LogP contribution is 2.44. The minimum atomic E-state index is -0.0617. The Bertz CT molecular complexity index is 1340. The lowest BCUT2D eigenvalue weighted by Gasteiger charge is -2.29. The van der Waals surface area contributed by atoms with E-state index in [1.54, 1.807) is 0 Å². The first kappa shape index (κ1) is 22.8. The van der Waals surface area contributed by atoms with Gasteiger partial charge < -0.3 is 14.8 Å². The zero-order valence-electron chi connectivity index (χ0n) is 19.7. The third kappa shape index (κ3) is 4.05. The summed E-state index contributed by atoms with van der Waals surface area (Å²) in [5, 5.41) is 4.31. The van der Waals surface area contributed by atoms with E-state index in [2.05, 4.69) is 113 Å². The number of thiocarbonyl (C=S) groups is 1. The van der Waals surface area contributed by atoms with Crippen LogP contribution in [-0.4, -0.2) is 14.7 Å². The molecule has 0 bridgehead atoms. The molecule has 1 saturated heterocycles. The quantitative estimate of drug-likeness (QED) is 0.286. The maximum absolute atomic E-state index is 5.93. The van der Waals surface area contributed by atoms with E-state index in [9.17, 15) is 0 Å². The molecule has 3 heterocycles. The van der Waals surface area contributed by atoms with E-state index in [4.69, 9.17) is 17.2 Å². The normalized spacial score (nSPS) is 17.8. The number of nitrogens with zero attached hydrogens (tertiary/aromatic N) is 3. The molecule has 0 unspecified atom stereocenters. The number of nitrogens with one attached hydrogen (secondary N) is 1. The second-order valence-electron chi connectivity index (χ2n) is 8.98. The monoisotopic (exact) mass is 530 g/mol. The van der Waals surface area contributed by atoms with Gasteiger partial charge in [-0.15, -0.1) is 0 Å². The van der Waals surface area contributed by atoms with Crippen LogP contribution in [-0.2, 0) is 0 Å². The molecule has 34 heavy (non-hydrogen) atoms. The molecule has 0 saturated carbocycles. The van der Waals surface area contributed by atoms with Gasteiger partial charge in [0.25, 0.3) is 0 Å². The minimum absolute atomic E-state index is 0.0287. The summed E-state index contributed by atoms with van der Waals surface area (Å²) < 4.78 is 3.39. The molecular weight excluding hydrogens is 504 g/mol. The highest BCUT2D eigenvalue weighted by Gasteiger charge is 2.42. The number of benzene rings is 2. The average Bonchev–Trinajstić information content (AvgIpc) is 3.30. The molecule has 0 amide bonds. The number of halogens is 1. The molecule has 0 aliphatic carbocycles. The summed E-state index contributed by atoms with van der Waals surface area (Å²) >= 11 is 9.48. The standard InChI is InChI=1S/C28H27BrN4S/c1-17-13-18(2)15-23(14-17)33-27(26(31-28(33)34)25-7-5-6-12-30-25)24-16-19(3)32(20(24)4)22-10-8-21(29)9-11-22/h5-16,26-27H,1-4H3,(H,31,34)/t26-,27-/m1/s1. The molecule has 172 valence electrons. The Balaban J connectivity index is 1.69. The van der Waals surface area contributed by atoms with Gasteiger partial charge in [-0.2, -0.15) is 0 Å². The SMILES string of the molecule is Cc1cc(C)cc(N2C(=S)N[C@H](c3ccccn3)[C@H]2c2cc(C)n(-c3ccc(Br)cc3)c2C)c1. The molecule has 2 aromatic carbocycles. The fourth-order valence-corrected chi connectivity index (χ4v) is 5.72. The summed E-state index contributed by atoms with van der Waals surface area (Å²) in [7, 11) is 0. The van der Waals surface area contributed by atoms with E-state index < -0.39 is 0 Å². The van der Waals surface area contributed by atoms with Crippen LogP contribution in [0.4, 0.5) is 5.69 Å². The maximum Gasteiger partial charge on any atom is 0.174 e. The Hall–Kier alpha value is -2.96. The van der Waals surface area contributed by atoms with Gasteiger partial charge in [0.2, 0.25) is 0 Å². The van der Waals surface area contributed by atoms with Crippen LogP contribution in [0.1, 0.15) is 45.9 Å². The Labute approximate surface area is 214 Å². The van der Waals surface area contributed by atoms with E-state index >= 15 is 0 Å². The summed E-state index contributed by atoms with van der Waals surface area (Å²) in [4.78, 5) is 6.97. The fourth-order valence-electron chi connectivity index (χ4n) is 5.11. The first-order valence-electron chi connectivity index (χ1n) is 11.4. The van der Waals surface area contributed by atoms with E-state index in [1.165, 1.54) is 28.1 Å². The van der Waals surface area contributed by atoms with E-state index in [0.717, 1.165) is 26.7 Å². The van der Waals surface area contributed by atoms with Crippen molar-refractivity contribution in [1.82, 2.24) is 14.9 Å². The van der Waals surface area contributed by atoms with Crippen molar-refractivity contribution >= 4 is 38.9 Å². The third-order valence-electron chi connectivity index (χ3n) is 6.46. The Morgan fingerprint density at radius 2 is 1.59 bits per heavy atom. The molecular formula is C28H27BrN4S. The van der Waals surface area contributed by atoms with E-state index in [1.807, 2.05) is 18.3 Å². The first-order valence-corrected chi connectivity index (χ1v) is 12.6. The Morgan fingerprint density at radius 3 is 2.24 bits per heavy atom. The predicted molar refractivity (Wildman–Crippen MR) is 147 cm³/mol. The smallest absolute Gasteiger partial charge is 0.174 e. The van der Waals surface area contributed by atoms with Crippen molar-refractivity contribution in [1.29, 1.82) is 0 Å². The van der Waals surface area contributed by atoms with Crippen LogP contribution < -0.4 is 10.2 Å². The summed E-state index contributed by atoms with van der Waals surface area (Å²) in [5.74, 6) is 0. The maximum atomic E-state index is 5.93. The molecule has 0 spiro atoms. The van der Waals surface area contributed by atoms with Crippen molar-refractivity contribution in [2.45, 2.75) is 39.8 Å².